The largest absolute Gasteiger partial charge is 0.468 e. The SMILES string of the molecule is CCCCSC(C)C(=O)Nc1ccc(C(=O)NCC(=O)OC)cc1. The van der Waals surface area contributed by atoms with Crippen LogP contribution < -0.4 is 10.6 Å². The van der Waals surface area contributed by atoms with Gasteiger partial charge in [0.25, 0.3) is 5.91 Å². The van der Waals surface area contributed by atoms with Gasteiger partial charge in [-0.15, -0.1) is 11.8 Å². The summed E-state index contributed by atoms with van der Waals surface area (Å²) >= 11 is 1.63. The molecule has 0 saturated heterocycles. The molecule has 0 saturated carbocycles. The van der Waals surface area contributed by atoms with E-state index in [0.29, 0.717) is 11.3 Å². The van der Waals surface area contributed by atoms with Crippen LogP contribution in [0.25, 0.3) is 0 Å². The number of carbonyl (C=O) groups is 3. The van der Waals surface area contributed by atoms with Gasteiger partial charge in [-0.05, 0) is 43.4 Å². The minimum Gasteiger partial charge on any atom is -0.468 e. The molecule has 2 amide bonds. The molecule has 132 valence electrons. The molecule has 2 N–H and O–H groups in total. The van der Waals surface area contributed by atoms with Gasteiger partial charge in [-0.2, -0.15) is 0 Å². The number of thioether (sulfide) groups is 1. The van der Waals surface area contributed by atoms with Crippen molar-refractivity contribution in [2.24, 2.45) is 0 Å². The highest BCUT2D eigenvalue weighted by Gasteiger charge is 2.13. The molecular formula is C17H24N2O4S. The van der Waals surface area contributed by atoms with Crippen LogP contribution in [-0.2, 0) is 14.3 Å². The Morgan fingerprint density at radius 1 is 1.21 bits per heavy atom. The van der Waals surface area contributed by atoms with E-state index in [9.17, 15) is 14.4 Å². The summed E-state index contributed by atoms with van der Waals surface area (Å²) in [5, 5.41) is 5.16. The van der Waals surface area contributed by atoms with Crippen molar-refractivity contribution in [2.45, 2.75) is 31.9 Å². The lowest BCUT2D eigenvalue weighted by atomic mass is 10.2. The zero-order chi connectivity index (χ0) is 17.9. The summed E-state index contributed by atoms with van der Waals surface area (Å²) in [6.45, 7) is 3.82. The Labute approximate surface area is 146 Å². The minimum absolute atomic E-state index is 0.0565. The van der Waals surface area contributed by atoms with Crippen LogP contribution in [0.4, 0.5) is 5.69 Å². The quantitative estimate of drug-likeness (QED) is 0.527. The summed E-state index contributed by atoms with van der Waals surface area (Å²) in [4.78, 5) is 34.9. The predicted molar refractivity (Wildman–Crippen MR) is 96.2 cm³/mol. The van der Waals surface area contributed by atoms with Gasteiger partial charge in [0, 0.05) is 11.3 Å². The minimum atomic E-state index is -0.512. The van der Waals surface area contributed by atoms with Gasteiger partial charge in [-0.3, -0.25) is 14.4 Å². The van der Waals surface area contributed by atoms with E-state index in [1.807, 2.05) is 6.92 Å². The summed E-state index contributed by atoms with van der Waals surface area (Å²) in [6.07, 6.45) is 2.21. The number of anilines is 1. The summed E-state index contributed by atoms with van der Waals surface area (Å²) < 4.78 is 4.45. The number of unbranched alkanes of at least 4 members (excludes halogenated alkanes) is 1. The number of carbonyl (C=O) groups excluding carboxylic acids is 3. The summed E-state index contributed by atoms with van der Waals surface area (Å²) in [5.41, 5.74) is 1.04. The number of ether oxygens (including phenoxy) is 1. The lowest BCUT2D eigenvalue weighted by Gasteiger charge is -2.12. The van der Waals surface area contributed by atoms with Gasteiger partial charge in [0.15, 0.2) is 0 Å². The smallest absolute Gasteiger partial charge is 0.325 e. The molecule has 0 aliphatic rings. The first-order valence-corrected chi connectivity index (χ1v) is 8.90. The van der Waals surface area contributed by atoms with Crippen LogP contribution in [0.2, 0.25) is 0 Å². The molecule has 24 heavy (non-hydrogen) atoms. The zero-order valence-corrected chi connectivity index (χ0v) is 15.1. The van der Waals surface area contributed by atoms with Crippen LogP contribution in [0.3, 0.4) is 0 Å². The van der Waals surface area contributed by atoms with Crippen LogP contribution >= 0.6 is 11.8 Å². The molecule has 0 aliphatic heterocycles. The van der Waals surface area contributed by atoms with E-state index in [-0.39, 0.29) is 23.6 Å². The third kappa shape index (κ3) is 7.04. The molecule has 0 spiro atoms. The standard InChI is InChI=1S/C17H24N2O4S/c1-4-5-10-24-12(2)16(21)19-14-8-6-13(7-9-14)17(22)18-11-15(20)23-3/h6-9,12H,4-5,10-11H2,1-3H3,(H,18,22)(H,19,21). The molecule has 1 atom stereocenters. The number of hydrogen-bond acceptors (Lipinski definition) is 5. The van der Waals surface area contributed by atoms with Crippen LogP contribution in [-0.4, -0.2) is 42.4 Å². The van der Waals surface area contributed by atoms with Gasteiger partial charge in [-0.25, -0.2) is 0 Å². The summed E-state index contributed by atoms with van der Waals surface area (Å²) in [6, 6.07) is 6.51. The zero-order valence-electron chi connectivity index (χ0n) is 14.3. The van der Waals surface area contributed by atoms with E-state index in [2.05, 4.69) is 22.3 Å². The summed E-state index contributed by atoms with van der Waals surface area (Å²) in [5.74, 6) is 0.0206. The second kappa shape index (κ2) is 10.7. The van der Waals surface area contributed by atoms with Crippen molar-refractivity contribution in [3.63, 3.8) is 0 Å². The first-order valence-electron chi connectivity index (χ1n) is 7.85. The van der Waals surface area contributed by atoms with Crippen molar-refractivity contribution >= 4 is 35.2 Å². The Balaban J connectivity index is 2.50. The van der Waals surface area contributed by atoms with Crippen molar-refractivity contribution in [2.75, 3.05) is 24.7 Å². The molecule has 0 aromatic heterocycles. The molecule has 0 aliphatic carbocycles. The lowest BCUT2D eigenvalue weighted by Crippen LogP contribution is -2.30. The van der Waals surface area contributed by atoms with E-state index in [0.717, 1.165) is 18.6 Å². The van der Waals surface area contributed by atoms with Crippen molar-refractivity contribution < 1.29 is 19.1 Å². The van der Waals surface area contributed by atoms with Gasteiger partial charge < -0.3 is 15.4 Å². The van der Waals surface area contributed by atoms with Crippen LogP contribution in [0.1, 0.15) is 37.0 Å². The molecule has 0 fully saturated rings. The van der Waals surface area contributed by atoms with Crippen LogP contribution in [0.5, 0.6) is 0 Å². The molecule has 7 heteroatoms. The van der Waals surface area contributed by atoms with E-state index in [1.165, 1.54) is 7.11 Å². The van der Waals surface area contributed by atoms with Crippen molar-refractivity contribution in [3.05, 3.63) is 29.8 Å². The van der Waals surface area contributed by atoms with E-state index < -0.39 is 5.97 Å². The Hall–Kier alpha value is -2.02. The molecule has 6 nitrogen and oxygen atoms in total. The summed E-state index contributed by atoms with van der Waals surface area (Å²) in [7, 11) is 1.26. The maximum Gasteiger partial charge on any atom is 0.325 e. The fourth-order valence-electron chi connectivity index (χ4n) is 1.76. The van der Waals surface area contributed by atoms with E-state index in [1.54, 1.807) is 36.0 Å². The molecule has 1 unspecified atom stereocenters. The molecule has 1 aromatic carbocycles. The second-order valence-corrected chi connectivity index (χ2v) is 6.64. The van der Waals surface area contributed by atoms with Gasteiger partial charge >= 0.3 is 5.97 Å². The number of esters is 1. The first kappa shape index (κ1) is 20.0. The topological polar surface area (TPSA) is 84.5 Å². The highest BCUT2D eigenvalue weighted by molar-refractivity contribution is 8.00. The third-order valence-electron chi connectivity index (χ3n) is 3.27. The first-order chi connectivity index (χ1) is 11.5. The van der Waals surface area contributed by atoms with Crippen LogP contribution in [0.15, 0.2) is 24.3 Å². The number of hydrogen-bond donors (Lipinski definition) is 2. The van der Waals surface area contributed by atoms with Crippen molar-refractivity contribution in [3.8, 4) is 0 Å². The van der Waals surface area contributed by atoms with Crippen LogP contribution in [0, 0.1) is 0 Å². The van der Waals surface area contributed by atoms with Gasteiger partial charge in [0.2, 0.25) is 5.91 Å². The number of amides is 2. The number of methoxy groups -OCH3 is 1. The monoisotopic (exact) mass is 352 g/mol. The third-order valence-corrected chi connectivity index (χ3v) is 4.51. The Kier molecular flexibility index (Phi) is 8.93. The predicted octanol–water partition coefficient (Wildman–Crippen LogP) is 2.45. The molecular weight excluding hydrogens is 328 g/mol. The average molecular weight is 352 g/mol. The van der Waals surface area contributed by atoms with Crippen molar-refractivity contribution in [1.82, 2.24) is 5.32 Å². The second-order valence-electron chi connectivity index (χ2n) is 5.19. The van der Waals surface area contributed by atoms with Gasteiger partial charge in [-0.1, -0.05) is 13.3 Å². The maximum atomic E-state index is 12.1. The Morgan fingerprint density at radius 3 is 2.46 bits per heavy atom. The lowest BCUT2D eigenvalue weighted by molar-refractivity contribution is -0.139. The molecule has 1 aromatic rings. The van der Waals surface area contributed by atoms with Crippen molar-refractivity contribution in [1.29, 1.82) is 0 Å². The molecule has 1 rings (SSSR count). The molecule has 0 heterocycles. The van der Waals surface area contributed by atoms with E-state index in [4.69, 9.17) is 0 Å². The normalized spacial score (nSPS) is 11.5. The molecule has 0 radical (unpaired) electrons. The molecule has 0 bridgehead atoms. The highest BCUT2D eigenvalue weighted by atomic mass is 32.2. The average Bonchev–Trinajstić information content (AvgIpc) is 2.59. The number of benzene rings is 1. The number of nitrogens with one attached hydrogen (secondary N) is 2. The van der Waals surface area contributed by atoms with Gasteiger partial charge in [0.05, 0.1) is 12.4 Å². The maximum absolute atomic E-state index is 12.1. The fourth-order valence-corrected chi connectivity index (χ4v) is 2.77. The Morgan fingerprint density at radius 2 is 1.88 bits per heavy atom. The number of rotatable bonds is 9. The van der Waals surface area contributed by atoms with E-state index >= 15 is 0 Å². The Bertz CT molecular complexity index is 560. The fraction of sp³-hybridized carbons (Fsp3) is 0.471. The van der Waals surface area contributed by atoms with Gasteiger partial charge in [0.1, 0.15) is 6.54 Å². The highest BCUT2D eigenvalue weighted by Crippen LogP contribution is 2.16.